The maximum atomic E-state index is 12.9. The number of esters is 1. The molecule has 2 atom stereocenters. The molecule has 4 rings (SSSR count). The number of anilines is 1. The van der Waals surface area contributed by atoms with Crippen molar-refractivity contribution in [1.82, 2.24) is 10.3 Å². The van der Waals surface area contributed by atoms with Crippen molar-refractivity contribution >= 4 is 45.9 Å². The third kappa shape index (κ3) is 4.00. The van der Waals surface area contributed by atoms with Crippen LogP contribution in [0.25, 0.3) is 10.9 Å². The Labute approximate surface area is 189 Å². The van der Waals surface area contributed by atoms with Crippen LogP contribution in [0, 0.1) is 6.92 Å². The van der Waals surface area contributed by atoms with Gasteiger partial charge in [-0.1, -0.05) is 23.7 Å². The molecule has 0 spiro atoms. The Morgan fingerprint density at radius 1 is 1.28 bits per heavy atom. The number of nitrogens with one attached hydrogen (secondary N) is 2. The Balaban J connectivity index is 1.48. The van der Waals surface area contributed by atoms with Gasteiger partial charge in [0.1, 0.15) is 0 Å². The summed E-state index contributed by atoms with van der Waals surface area (Å²) >= 11 is 6.29. The Bertz CT molecular complexity index is 1220. The molecule has 2 unspecified atom stereocenters. The van der Waals surface area contributed by atoms with Crippen LogP contribution in [0.2, 0.25) is 5.02 Å². The molecule has 3 aromatic rings. The molecule has 1 aromatic heterocycles. The van der Waals surface area contributed by atoms with Gasteiger partial charge in [0.05, 0.1) is 29.4 Å². The number of aryl methyl sites for hydroxylation is 1. The van der Waals surface area contributed by atoms with Gasteiger partial charge in [-0.3, -0.25) is 14.9 Å². The average Bonchev–Trinajstić information content (AvgIpc) is 3.36. The lowest BCUT2D eigenvalue weighted by atomic mass is 10.1. The van der Waals surface area contributed by atoms with E-state index in [0.29, 0.717) is 40.1 Å². The molecule has 9 heteroatoms. The SMILES string of the molecule is COC(=O)c1ccc2c(C(=O)C(O)NC3CCN(c4ccc(C)cc4Cl)C3=O)c[nH]c2c1. The number of benzene rings is 2. The summed E-state index contributed by atoms with van der Waals surface area (Å²) in [7, 11) is 1.29. The second kappa shape index (κ2) is 8.74. The average molecular weight is 456 g/mol. The predicted octanol–water partition coefficient (Wildman–Crippen LogP) is 2.81. The Hall–Kier alpha value is -3.20. The van der Waals surface area contributed by atoms with Crippen molar-refractivity contribution < 1.29 is 24.2 Å². The number of aliphatic hydroxyl groups is 1. The number of aliphatic hydroxyl groups excluding tert-OH is 1. The number of hydrogen-bond donors (Lipinski definition) is 3. The third-order valence-electron chi connectivity index (χ3n) is 5.58. The highest BCUT2D eigenvalue weighted by Gasteiger charge is 2.36. The first-order valence-corrected chi connectivity index (χ1v) is 10.4. The van der Waals surface area contributed by atoms with Crippen LogP contribution < -0.4 is 10.2 Å². The number of aromatic amines is 1. The van der Waals surface area contributed by atoms with Crippen molar-refractivity contribution in [3.05, 3.63) is 64.3 Å². The second-order valence-electron chi connectivity index (χ2n) is 7.67. The van der Waals surface area contributed by atoms with E-state index in [1.165, 1.54) is 13.3 Å². The second-order valence-corrected chi connectivity index (χ2v) is 8.08. The molecule has 0 aliphatic carbocycles. The van der Waals surface area contributed by atoms with Crippen molar-refractivity contribution in [2.45, 2.75) is 25.6 Å². The van der Waals surface area contributed by atoms with E-state index in [-0.39, 0.29) is 11.5 Å². The summed E-state index contributed by atoms with van der Waals surface area (Å²) in [5.74, 6) is -1.33. The fourth-order valence-electron chi connectivity index (χ4n) is 3.89. The molecule has 1 amide bonds. The number of methoxy groups -OCH3 is 1. The van der Waals surface area contributed by atoms with Crippen LogP contribution in [0.1, 0.15) is 32.7 Å². The molecule has 32 heavy (non-hydrogen) atoms. The van der Waals surface area contributed by atoms with Crippen LogP contribution in [0.5, 0.6) is 0 Å². The maximum Gasteiger partial charge on any atom is 0.337 e. The number of rotatable bonds is 6. The molecular formula is C23H22ClN3O5. The summed E-state index contributed by atoms with van der Waals surface area (Å²) in [4.78, 5) is 41.9. The number of hydrogen-bond acceptors (Lipinski definition) is 6. The van der Waals surface area contributed by atoms with Crippen LogP contribution in [0.4, 0.5) is 5.69 Å². The predicted molar refractivity (Wildman–Crippen MR) is 120 cm³/mol. The van der Waals surface area contributed by atoms with Gasteiger partial charge in [-0.15, -0.1) is 0 Å². The van der Waals surface area contributed by atoms with E-state index in [0.717, 1.165) is 5.56 Å². The van der Waals surface area contributed by atoms with E-state index in [4.69, 9.17) is 16.3 Å². The summed E-state index contributed by atoms with van der Waals surface area (Å²) in [5.41, 5.74) is 2.73. The first-order chi connectivity index (χ1) is 15.3. The highest BCUT2D eigenvalue weighted by Crippen LogP contribution is 2.30. The summed E-state index contributed by atoms with van der Waals surface area (Å²) in [6, 6.07) is 9.45. The molecule has 1 aliphatic rings. The van der Waals surface area contributed by atoms with E-state index in [9.17, 15) is 19.5 Å². The van der Waals surface area contributed by atoms with Gasteiger partial charge in [0.25, 0.3) is 0 Å². The van der Waals surface area contributed by atoms with Crippen LogP contribution in [-0.4, -0.2) is 53.7 Å². The molecule has 2 aromatic carbocycles. The van der Waals surface area contributed by atoms with E-state index in [2.05, 4.69) is 10.3 Å². The molecule has 3 N–H and O–H groups in total. The minimum absolute atomic E-state index is 0.250. The summed E-state index contributed by atoms with van der Waals surface area (Å²) in [6.07, 6.45) is 0.314. The van der Waals surface area contributed by atoms with Gasteiger partial charge in [0.2, 0.25) is 11.7 Å². The molecule has 1 aliphatic heterocycles. The highest BCUT2D eigenvalue weighted by molar-refractivity contribution is 6.34. The first kappa shape index (κ1) is 22.0. The Kier molecular flexibility index (Phi) is 6.01. The zero-order valence-corrected chi connectivity index (χ0v) is 18.3. The molecule has 1 fully saturated rings. The van der Waals surface area contributed by atoms with Gasteiger partial charge in [-0.05, 0) is 43.2 Å². The number of carbonyl (C=O) groups is 3. The topological polar surface area (TPSA) is 112 Å². The monoisotopic (exact) mass is 455 g/mol. The molecule has 2 heterocycles. The van der Waals surface area contributed by atoms with Gasteiger partial charge in [0, 0.05) is 29.2 Å². The summed E-state index contributed by atoms with van der Waals surface area (Å²) in [5, 5.41) is 14.3. The van der Waals surface area contributed by atoms with Gasteiger partial charge < -0.3 is 19.7 Å². The molecule has 0 radical (unpaired) electrons. The van der Waals surface area contributed by atoms with Crippen LogP contribution in [0.15, 0.2) is 42.6 Å². The minimum atomic E-state index is -1.57. The van der Waals surface area contributed by atoms with Crippen molar-refractivity contribution in [3.63, 3.8) is 0 Å². The third-order valence-corrected chi connectivity index (χ3v) is 5.88. The van der Waals surface area contributed by atoms with Crippen molar-refractivity contribution in [2.75, 3.05) is 18.6 Å². The lowest BCUT2D eigenvalue weighted by Gasteiger charge is -2.20. The van der Waals surface area contributed by atoms with E-state index < -0.39 is 24.0 Å². The number of fused-ring (bicyclic) bond motifs is 1. The van der Waals surface area contributed by atoms with E-state index in [1.807, 2.05) is 13.0 Å². The van der Waals surface area contributed by atoms with Crippen molar-refractivity contribution in [1.29, 1.82) is 0 Å². The fraction of sp³-hybridized carbons (Fsp3) is 0.261. The lowest BCUT2D eigenvalue weighted by Crippen LogP contribution is -2.47. The number of amides is 1. The molecule has 166 valence electrons. The lowest BCUT2D eigenvalue weighted by molar-refractivity contribution is -0.119. The number of nitrogens with zero attached hydrogens (tertiary/aromatic N) is 1. The molecule has 0 bridgehead atoms. The molecule has 1 saturated heterocycles. The van der Waals surface area contributed by atoms with Crippen LogP contribution in [0.3, 0.4) is 0 Å². The number of halogens is 1. The number of carbonyl (C=O) groups excluding carboxylic acids is 3. The smallest absolute Gasteiger partial charge is 0.337 e. The van der Waals surface area contributed by atoms with Crippen LogP contribution in [-0.2, 0) is 9.53 Å². The van der Waals surface area contributed by atoms with Gasteiger partial charge in [-0.2, -0.15) is 0 Å². The number of ether oxygens (including phenoxy) is 1. The zero-order valence-electron chi connectivity index (χ0n) is 17.5. The maximum absolute atomic E-state index is 12.9. The normalized spacial score (nSPS) is 17.1. The Morgan fingerprint density at radius 3 is 2.78 bits per heavy atom. The van der Waals surface area contributed by atoms with E-state index in [1.54, 1.807) is 35.2 Å². The quantitative estimate of drug-likeness (QED) is 0.299. The largest absolute Gasteiger partial charge is 0.465 e. The number of Topliss-reactive ketones (excluding diaryl/α,β-unsaturated/α-hetero) is 1. The van der Waals surface area contributed by atoms with Gasteiger partial charge in [0.15, 0.2) is 6.23 Å². The van der Waals surface area contributed by atoms with Gasteiger partial charge >= 0.3 is 5.97 Å². The highest BCUT2D eigenvalue weighted by atomic mass is 35.5. The number of aromatic nitrogens is 1. The van der Waals surface area contributed by atoms with Crippen LogP contribution >= 0.6 is 11.6 Å². The first-order valence-electron chi connectivity index (χ1n) is 10.1. The number of ketones is 1. The molecule has 0 saturated carbocycles. The zero-order chi connectivity index (χ0) is 23.0. The van der Waals surface area contributed by atoms with E-state index >= 15 is 0 Å². The number of H-pyrrole nitrogens is 1. The van der Waals surface area contributed by atoms with Crippen molar-refractivity contribution in [2.24, 2.45) is 0 Å². The summed E-state index contributed by atoms with van der Waals surface area (Å²) in [6.45, 7) is 2.33. The molecule has 8 nitrogen and oxygen atoms in total. The standard InChI is InChI=1S/C23H22ClN3O5/c1-12-3-6-19(16(24)9-12)27-8-7-17(22(27)30)26-21(29)20(28)15-11-25-18-10-13(23(31)32-2)4-5-14(15)18/h3-6,9-11,17,21,25-26,29H,7-8H2,1-2H3. The molecular weight excluding hydrogens is 434 g/mol. The Morgan fingerprint density at radius 2 is 2.06 bits per heavy atom. The minimum Gasteiger partial charge on any atom is -0.465 e. The van der Waals surface area contributed by atoms with Crippen molar-refractivity contribution in [3.8, 4) is 0 Å². The summed E-state index contributed by atoms with van der Waals surface area (Å²) < 4.78 is 4.70. The van der Waals surface area contributed by atoms with Gasteiger partial charge in [-0.25, -0.2) is 4.79 Å². The fourth-order valence-corrected chi connectivity index (χ4v) is 4.23.